The van der Waals surface area contributed by atoms with Crippen LogP contribution >= 0.6 is 0 Å². The Balaban J connectivity index is 1.66. The molecule has 29 heavy (non-hydrogen) atoms. The number of benzene rings is 2. The molecule has 146 valence electrons. The third kappa shape index (κ3) is 4.50. The fourth-order valence-corrected chi connectivity index (χ4v) is 2.99. The van der Waals surface area contributed by atoms with E-state index in [-0.39, 0.29) is 5.82 Å². The van der Waals surface area contributed by atoms with Crippen molar-refractivity contribution in [1.29, 1.82) is 5.26 Å². The minimum Gasteiger partial charge on any atom is -0.452 e. The standard InChI is InChI=1S/C22H18FN3O3/c1-14-11-20(15(2)26(14)19-9-5-17(23)6-10-19)22(28)29-13-21(27)25-18-7-3-16(12-24)4-8-18/h3-11H,13H2,1-2H3,(H,25,27). The molecule has 1 aromatic heterocycles. The lowest BCUT2D eigenvalue weighted by Gasteiger charge is -2.10. The van der Waals surface area contributed by atoms with E-state index in [1.165, 1.54) is 12.1 Å². The van der Waals surface area contributed by atoms with Crippen LogP contribution in [0.4, 0.5) is 10.1 Å². The van der Waals surface area contributed by atoms with Crippen LogP contribution in [0.5, 0.6) is 0 Å². The number of hydrogen-bond donors (Lipinski definition) is 1. The van der Waals surface area contributed by atoms with Crippen molar-refractivity contribution in [2.24, 2.45) is 0 Å². The third-order valence-corrected chi connectivity index (χ3v) is 4.37. The highest BCUT2D eigenvalue weighted by Crippen LogP contribution is 2.22. The summed E-state index contributed by atoms with van der Waals surface area (Å²) in [4.78, 5) is 24.5. The quantitative estimate of drug-likeness (QED) is 0.669. The van der Waals surface area contributed by atoms with E-state index < -0.39 is 18.5 Å². The van der Waals surface area contributed by atoms with Crippen LogP contribution < -0.4 is 5.32 Å². The average Bonchev–Trinajstić information content (AvgIpc) is 3.01. The third-order valence-electron chi connectivity index (χ3n) is 4.37. The predicted octanol–water partition coefficient (Wildman–Crippen LogP) is 3.90. The summed E-state index contributed by atoms with van der Waals surface area (Å²) in [5, 5.41) is 11.4. The van der Waals surface area contributed by atoms with Crippen molar-refractivity contribution in [3.8, 4) is 11.8 Å². The van der Waals surface area contributed by atoms with E-state index in [4.69, 9.17) is 10.00 Å². The van der Waals surface area contributed by atoms with Crippen LogP contribution in [0.15, 0.2) is 54.6 Å². The van der Waals surface area contributed by atoms with Crippen molar-refractivity contribution in [3.63, 3.8) is 0 Å². The molecule has 0 atom stereocenters. The van der Waals surface area contributed by atoms with E-state index in [1.807, 2.05) is 17.6 Å². The molecule has 0 saturated carbocycles. The summed E-state index contributed by atoms with van der Waals surface area (Å²) in [6, 6.07) is 15.9. The van der Waals surface area contributed by atoms with Crippen molar-refractivity contribution in [3.05, 3.63) is 82.9 Å². The Hall–Kier alpha value is -3.92. The number of nitrogens with zero attached hydrogens (tertiary/aromatic N) is 2. The van der Waals surface area contributed by atoms with Crippen LogP contribution in [0.25, 0.3) is 5.69 Å². The van der Waals surface area contributed by atoms with Gasteiger partial charge in [0.05, 0.1) is 17.2 Å². The molecular formula is C22H18FN3O3. The predicted molar refractivity (Wildman–Crippen MR) is 105 cm³/mol. The second kappa shape index (κ2) is 8.40. The molecular weight excluding hydrogens is 373 g/mol. The maximum absolute atomic E-state index is 13.2. The minimum atomic E-state index is -0.624. The second-order valence-corrected chi connectivity index (χ2v) is 6.41. The summed E-state index contributed by atoms with van der Waals surface area (Å²) in [5.74, 6) is -1.46. The number of nitriles is 1. The van der Waals surface area contributed by atoms with Crippen LogP contribution in [-0.4, -0.2) is 23.1 Å². The van der Waals surface area contributed by atoms with E-state index >= 15 is 0 Å². The maximum Gasteiger partial charge on any atom is 0.340 e. The SMILES string of the molecule is Cc1cc(C(=O)OCC(=O)Nc2ccc(C#N)cc2)c(C)n1-c1ccc(F)cc1. The van der Waals surface area contributed by atoms with Gasteiger partial charge in [0.15, 0.2) is 6.61 Å². The number of carbonyl (C=O) groups excluding carboxylic acids is 2. The number of nitrogens with one attached hydrogen (secondary N) is 1. The van der Waals surface area contributed by atoms with E-state index in [0.29, 0.717) is 22.5 Å². The smallest absolute Gasteiger partial charge is 0.340 e. The number of anilines is 1. The zero-order chi connectivity index (χ0) is 21.0. The van der Waals surface area contributed by atoms with Crippen molar-refractivity contribution in [2.45, 2.75) is 13.8 Å². The Morgan fingerprint density at radius 1 is 1.10 bits per heavy atom. The molecule has 1 N–H and O–H groups in total. The molecule has 2 aromatic carbocycles. The lowest BCUT2D eigenvalue weighted by atomic mass is 10.2. The average molecular weight is 391 g/mol. The number of hydrogen-bond acceptors (Lipinski definition) is 4. The van der Waals surface area contributed by atoms with Crippen LogP contribution in [-0.2, 0) is 9.53 Å². The fraction of sp³-hybridized carbons (Fsp3) is 0.136. The van der Waals surface area contributed by atoms with Crippen molar-refractivity contribution in [1.82, 2.24) is 4.57 Å². The number of amides is 1. The molecule has 0 aliphatic carbocycles. The highest BCUT2D eigenvalue weighted by molar-refractivity contribution is 5.96. The lowest BCUT2D eigenvalue weighted by molar-refractivity contribution is -0.119. The molecule has 3 rings (SSSR count). The number of rotatable bonds is 5. The Kier molecular flexibility index (Phi) is 5.74. The number of esters is 1. The topological polar surface area (TPSA) is 84.1 Å². The van der Waals surface area contributed by atoms with Gasteiger partial charge in [-0.15, -0.1) is 0 Å². The highest BCUT2D eigenvalue weighted by Gasteiger charge is 2.19. The lowest BCUT2D eigenvalue weighted by Crippen LogP contribution is -2.21. The number of ether oxygens (including phenoxy) is 1. The van der Waals surface area contributed by atoms with Crippen LogP contribution in [0.3, 0.4) is 0 Å². The Morgan fingerprint density at radius 2 is 1.76 bits per heavy atom. The summed E-state index contributed by atoms with van der Waals surface area (Å²) in [6.45, 7) is 3.13. The highest BCUT2D eigenvalue weighted by atomic mass is 19.1. The van der Waals surface area contributed by atoms with Gasteiger partial charge in [-0.2, -0.15) is 5.26 Å². The summed E-state index contributed by atoms with van der Waals surface area (Å²) in [7, 11) is 0. The first-order valence-electron chi connectivity index (χ1n) is 8.81. The summed E-state index contributed by atoms with van der Waals surface area (Å²) in [5.41, 5.74) is 3.44. The Morgan fingerprint density at radius 3 is 2.38 bits per heavy atom. The van der Waals surface area contributed by atoms with Gasteiger partial charge in [-0.05, 0) is 68.4 Å². The number of aromatic nitrogens is 1. The van der Waals surface area contributed by atoms with Crippen molar-refractivity contribution < 1.29 is 18.7 Å². The van der Waals surface area contributed by atoms with Gasteiger partial charge in [-0.3, -0.25) is 4.79 Å². The first-order chi connectivity index (χ1) is 13.9. The molecule has 0 fully saturated rings. The minimum absolute atomic E-state index is 0.331. The zero-order valence-corrected chi connectivity index (χ0v) is 15.9. The van der Waals surface area contributed by atoms with Crippen molar-refractivity contribution >= 4 is 17.6 Å². The molecule has 0 unspecified atom stereocenters. The summed E-state index contributed by atoms with van der Waals surface area (Å²) in [6.07, 6.45) is 0. The largest absolute Gasteiger partial charge is 0.452 e. The molecule has 0 saturated heterocycles. The van der Waals surface area contributed by atoms with Gasteiger partial charge in [-0.25, -0.2) is 9.18 Å². The zero-order valence-electron chi connectivity index (χ0n) is 15.9. The monoisotopic (exact) mass is 391 g/mol. The molecule has 7 heteroatoms. The summed E-state index contributed by atoms with van der Waals surface area (Å²) >= 11 is 0. The van der Waals surface area contributed by atoms with Gasteiger partial charge in [-0.1, -0.05) is 0 Å². The first kappa shape index (κ1) is 19.8. The molecule has 1 heterocycles. The van der Waals surface area contributed by atoms with E-state index in [1.54, 1.807) is 49.4 Å². The Labute approximate surface area is 167 Å². The van der Waals surface area contributed by atoms with E-state index in [2.05, 4.69) is 5.32 Å². The fourth-order valence-electron chi connectivity index (χ4n) is 2.99. The van der Waals surface area contributed by atoms with Gasteiger partial charge in [0.25, 0.3) is 5.91 Å². The molecule has 6 nitrogen and oxygen atoms in total. The molecule has 0 spiro atoms. The van der Waals surface area contributed by atoms with Gasteiger partial charge in [0.2, 0.25) is 0 Å². The molecule has 3 aromatic rings. The first-order valence-corrected chi connectivity index (χ1v) is 8.81. The number of aryl methyl sites for hydroxylation is 1. The Bertz CT molecular complexity index is 1090. The number of carbonyl (C=O) groups is 2. The molecule has 0 aliphatic heterocycles. The van der Waals surface area contributed by atoms with Gasteiger partial charge in [0, 0.05) is 22.8 Å². The second-order valence-electron chi connectivity index (χ2n) is 6.41. The maximum atomic E-state index is 13.2. The van der Waals surface area contributed by atoms with Crippen LogP contribution in [0.1, 0.15) is 27.3 Å². The van der Waals surface area contributed by atoms with Gasteiger partial charge in [0.1, 0.15) is 5.82 Å². The molecule has 0 radical (unpaired) electrons. The normalized spacial score (nSPS) is 10.3. The van der Waals surface area contributed by atoms with Crippen LogP contribution in [0, 0.1) is 31.0 Å². The summed E-state index contributed by atoms with van der Waals surface area (Å²) < 4.78 is 20.1. The van der Waals surface area contributed by atoms with Gasteiger partial charge >= 0.3 is 5.97 Å². The van der Waals surface area contributed by atoms with E-state index in [0.717, 1.165) is 11.4 Å². The van der Waals surface area contributed by atoms with E-state index in [9.17, 15) is 14.0 Å². The number of halogens is 1. The van der Waals surface area contributed by atoms with Gasteiger partial charge < -0.3 is 14.6 Å². The van der Waals surface area contributed by atoms with Crippen LogP contribution in [0.2, 0.25) is 0 Å². The van der Waals surface area contributed by atoms with Crippen molar-refractivity contribution in [2.75, 3.05) is 11.9 Å². The molecule has 1 amide bonds. The molecule has 0 aliphatic rings. The molecule has 0 bridgehead atoms.